The van der Waals surface area contributed by atoms with Crippen LogP contribution in [0.15, 0.2) is 12.3 Å². The Kier molecular flexibility index (Phi) is 4.75. The number of anilines is 1. The van der Waals surface area contributed by atoms with Crippen LogP contribution in [0.4, 0.5) is 5.95 Å². The van der Waals surface area contributed by atoms with Gasteiger partial charge in [-0.25, -0.2) is 4.98 Å². The van der Waals surface area contributed by atoms with Crippen LogP contribution < -0.4 is 9.64 Å². The number of aromatic nitrogens is 2. The Balaban J connectivity index is 2.00. The molecule has 1 aliphatic rings. The lowest BCUT2D eigenvalue weighted by atomic mass is 10.3. The molecule has 1 aromatic heterocycles. The molecule has 0 bridgehead atoms. The molecule has 0 unspecified atom stereocenters. The van der Waals surface area contributed by atoms with Gasteiger partial charge in [-0.3, -0.25) is 0 Å². The largest absolute Gasteiger partial charge is 0.481 e. The second kappa shape index (κ2) is 6.54. The molecule has 0 spiro atoms. The Labute approximate surface area is 109 Å². The van der Waals surface area contributed by atoms with E-state index in [0.29, 0.717) is 5.88 Å². The Morgan fingerprint density at radius 1 is 1.28 bits per heavy atom. The normalized spacial score (nSPS) is 17.6. The molecule has 1 saturated heterocycles. The van der Waals surface area contributed by atoms with Gasteiger partial charge < -0.3 is 14.5 Å². The SMILES string of the molecule is CCCN1CCCN(c2nccc(OC)n2)CC1. The van der Waals surface area contributed by atoms with Gasteiger partial charge in [0.25, 0.3) is 0 Å². The van der Waals surface area contributed by atoms with Crippen molar-refractivity contribution in [2.45, 2.75) is 19.8 Å². The van der Waals surface area contributed by atoms with Gasteiger partial charge in [0.2, 0.25) is 11.8 Å². The summed E-state index contributed by atoms with van der Waals surface area (Å²) in [5, 5.41) is 0. The molecule has 100 valence electrons. The maximum atomic E-state index is 5.15. The Bertz CT molecular complexity index is 372. The molecule has 0 N–H and O–H groups in total. The van der Waals surface area contributed by atoms with Crippen LogP contribution in [0.3, 0.4) is 0 Å². The number of ether oxygens (including phenoxy) is 1. The van der Waals surface area contributed by atoms with Crippen LogP contribution in [-0.2, 0) is 0 Å². The number of hydrogen-bond acceptors (Lipinski definition) is 5. The van der Waals surface area contributed by atoms with E-state index < -0.39 is 0 Å². The van der Waals surface area contributed by atoms with Gasteiger partial charge in [0.05, 0.1) is 7.11 Å². The smallest absolute Gasteiger partial charge is 0.228 e. The molecular formula is C13H22N4O. The summed E-state index contributed by atoms with van der Waals surface area (Å²) in [7, 11) is 1.64. The third-order valence-corrected chi connectivity index (χ3v) is 3.24. The summed E-state index contributed by atoms with van der Waals surface area (Å²) in [5.74, 6) is 1.42. The van der Waals surface area contributed by atoms with E-state index in [0.717, 1.165) is 25.6 Å². The molecule has 0 atom stereocenters. The molecule has 0 radical (unpaired) electrons. The number of methoxy groups -OCH3 is 1. The van der Waals surface area contributed by atoms with E-state index in [-0.39, 0.29) is 0 Å². The van der Waals surface area contributed by atoms with Gasteiger partial charge in [0, 0.05) is 31.9 Å². The summed E-state index contributed by atoms with van der Waals surface area (Å²) in [4.78, 5) is 13.5. The molecular weight excluding hydrogens is 228 g/mol. The lowest BCUT2D eigenvalue weighted by Gasteiger charge is -2.21. The number of rotatable bonds is 4. The first-order valence-corrected chi connectivity index (χ1v) is 6.68. The zero-order chi connectivity index (χ0) is 12.8. The minimum Gasteiger partial charge on any atom is -0.481 e. The molecule has 2 rings (SSSR count). The van der Waals surface area contributed by atoms with Crippen LogP contribution in [0, 0.1) is 0 Å². The van der Waals surface area contributed by atoms with Crippen molar-refractivity contribution < 1.29 is 4.74 Å². The van der Waals surface area contributed by atoms with Gasteiger partial charge in [-0.1, -0.05) is 6.92 Å². The average molecular weight is 250 g/mol. The van der Waals surface area contributed by atoms with E-state index in [1.165, 1.54) is 25.9 Å². The van der Waals surface area contributed by atoms with Gasteiger partial charge in [-0.2, -0.15) is 4.98 Å². The molecule has 5 heteroatoms. The third-order valence-electron chi connectivity index (χ3n) is 3.24. The third kappa shape index (κ3) is 3.32. The van der Waals surface area contributed by atoms with Crippen molar-refractivity contribution in [1.29, 1.82) is 0 Å². The zero-order valence-corrected chi connectivity index (χ0v) is 11.3. The second-order valence-corrected chi connectivity index (χ2v) is 4.58. The number of hydrogen-bond donors (Lipinski definition) is 0. The van der Waals surface area contributed by atoms with Crippen molar-refractivity contribution in [3.8, 4) is 5.88 Å². The highest BCUT2D eigenvalue weighted by Crippen LogP contribution is 2.14. The summed E-state index contributed by atoms with van der Waals surface area (Å²) >= 11 is 0. The monoisotopic (exact) mass is 250 g/mol. The van der Waals surface area contributed by atoms with Crippen LogP contribution >= 0.6 is 0 Å². The van der Waals surface area contributed by atoms with E-state index >= 15 is 0 Å². The van der Waals surface area contributed by atoms with Gasteiger partial charge in [0.15, 0.2) is 0 Å². The molecule has 0 aromatic carbocycles. The summed E-state index contributed by atoms with van der Waals surface area (Å²) in [6.07, 6.45) is 4.14. The predicted octanol–water partition coefficient (Wildman–Crippen LogP) is 1.41. The van der Waals surface area contributed by atoms with E-state index in [1.54, 1.807) is 19.4 Å². The van der Waals surface area contributed by atoms with Gasteiger partial charge in [0.1, 0.15) is 0 Å². The fourth-order valence-corrected chi connectivity index (χ4v) is 2.31. The van der Waals surface area contributed by atoms with E-state index in [4.69, 9.17) is 4.74 Å². The molecule has 18 heavy (non-hydrogen) atoms. The van der Waals surface area contributed by atoms with Gasteiger partial charge in [-0.05, 0) is 25.9 Å². The van der Waals surface area contributed by atoms with E-state index in [1.807, 2.05) is 0 Å². The highest BCUT2D eigenvalue weighted by Gasteiger charge is 2.16. The van der Waals surface area contributed by atoms with Crippen LogP contribution in [0.2, 0.25) is 0 Å². The highest BCUT2D eigenvalue weighted by atomic mass is 16.5. The van der Waals surface area contributed by atoms with Crippen LogP contribution in [0.1, 0.15) is 19.8 Å². The molecule has 1 fully saturated rings. The molecule has 1 aromatic rings. The summed E-state index contributed by atoms with van der Waals surface area (Å²) in [5.41, 5.74) is 0. The summed E-state index contributed by atoms with van der Waals surface area (Å²) in [6.45, 7) is 7.70. The molecule has 2 heterocycles. The molecule has 1 aliphatic heterocycles. The second-order valence-electron chi connectivity index (χ2n) is 4.58. The predicted molar refractivity (Wildman–Crippen MR) is 72.1 cm³/mol. The molecule has 0 saturated carbocycles. The maximum absolute atomic E-state index is 5.15. The summed E-state index contributed by atoms with van der Waals surface area (Å²) < 4.78 is 5.15. The minimum atomic E-state index is 0.634. The fourth-order valence-electron chi connectivity index (χ4n) is 2.31. The standard InChI is InChI=1S/C13H22N4O/c1-3-7-16-8-4-9-17(11-10-16)13-14-6-5-12(15-13)18-2/h5-6H,3-4,7-11H2,1-2H3. The molecule has 5 nitrogen and oxygen atoms in total. The Morgan fingerprint density at radius 2 is 2.17 bits per heavy atom. The fraction of sp³-hybridized carbons (Fsp3) is 0.692. The average Bonchev–Trinajstić information content (AvgIpc) is 2.65. The van der Waals surface area contributed by atoms with Crippen LogP contribution in [-0.4, -0.2) is 54.7 Å². The quantitative estimate of drug-likeness (QED) is 0.808. The zero-order valence-electron chi connectivity index (χ0n) is 11.3. The van der Waals surface area contributed by atoms with Crippen LogP contribution in [0.5, 0.6) is 5.88 Å². The highest BCUT2D eigenvalue weighted by molar-refractivity contribution is 5.32. The lowest BCUT2D eigenvalue weighted by molar-refractivity contribution is 0.294. The Morgan fingerprint density at radius 3 is 2.94 bits per heavy atom. The van der Waals surface area contributed by atoms with Crippen molar-refractivity contribution in [2.24, 2.45) is 0 Å². The van der Waals surface area contributed by atoms with Gasteiger partial charge >= 0.3 is 0 Å². The number of nitrogens with zero attached hydrogens (tertiary/aromatic N) is 4. The van der Waals surface area contributed by atoms with E-state index in [9.17, 15) is 0 Å². The first kappa shape index (κ1) is 13.1. The van der Waals surface area contributed by atoms with Crippen molar-refractivity contribution >= 4 is 5.95 Å². The topological polar surface area (TPSA) is 41.5 Å². The minimum absolute atomic E-state index is 0.634. The molecule has 0 amide bonds. The molecule has 0 aliphatic carbocycles. The Hall–Kier alpha value is -1.36. The van der Waals surface area contributed by atoms with E-state index in [2.05, 4.69) is 26.7 Å². The maximum Gasteiger partial charge on any atom is 0.228 e. The van der Waals surface area contributed by atoms with Crippen LogP contribution in [0.25, 0.3) is 0 Å². The van der Waals surface area contributed by atoms with Crippen molar-refractivity contribution in [3.05, 3.63) is 12.3 Å². The first-order chi connectivity index (χ1) is 8.83. The lowest BCUT2D eigenvalue weighted by Crippen LogP contribution is -2.32. The first-order valence-electron chi connectivity index (χ1n) is 6.68. The van der Waals surface area contributed by atoms with Crippen molar-refractivity contribution in [3.63, 3.8) is 0 Å². The van der Waals surface area contributed by atoms with Crippen molar-refractivity contribution in [2.75, 3.05) is 44.7 Å². The van der Waals surface area contributed by atoms with Gasteiger partial charge in [-0.15, -0.1) is 0 Å². The van der Waals surface area contributed by atoms with Crippen molar-refractivity contribution in [1.82, 2.24) is 14.9 Å². The summed E-state index contributed by atoms with van der Waals surface area (Å²) in [6, 6.07) is 1.78.